The Balaban J connectivity index is 1.68. The van der Waals surface area contributed by atoms with E-state index >= 15 is 0 Å². The predicted molar refractivity (Wildman–Crippen MR) is 78.4 cm³/mol. The summed E-state index contributed by atoms with van der Waals surface area (Å²) in [6, 6.07) is 4.65. The molecule has 0 spiro atoms. The number of rotatable bonds is 3. The molecule has 2 bridgehead atoms. The summed E-state index contributed by atoms with van der Waals surface area (Å²) >= 11 is 0. The van der Waals surface area contributed by atoms with Gasteiger partial charge in [-0.05, 0) is 62.1 Å². The van der Waals surface area contributed by atoms with E-state index in [9.17, 15) is 9.90 Å². The van der Waals surface area contributed by atoms with E-state index < -0.39 is 0 Å². The number of benzene rings is 1. The van der Waals surface area contributed by atoms with E-state index in [1.807, 2.05) is 0 Å². The molecule has 0 saturated heterocycles. The first-order valence-corrected chi connectivity index (χ1v) is 7.44. The molecule has 1 amide bonds. The first kappa shape index (κ1) is 13.3. The summed E-state index contributed by atoms with van der Waals surface area (Å²) in [7, 11) is 0. The van der Waals surface area contributed by atoms with Crippen LogP contribution in [0.5, 0.6) is 5.75 Å². The number of hydrogen-bond donors (Lipinski definition) is 3. The fourth-order valence-corrected chi connectivity index (χ4v) is 4.04. The third kappa shape index (κ3) is 2.35. The summed E-state index contributed by atoms with van der Waals surface area (Å²) < 4.78 is 0. The van der Waals surface area contributed by atoms with Gasteiger partial charge in [-0.15, -0.1) is 0 Å². The van der Waals surface area contributed by atoms with Crippen LogP contribution in [0.25, 0.3) is 0 Å². The molecule has 2 aliphatic rings. The molecule has 4 nitrogen and oxygen atoms in total. The van der Waals surface area contributed by atoms with Crippen molar-refractivity contribution in [2.24, 2.45) is 17.8 Å². The van der Waals surface area contributed by atoms with Crippen LogP contribution in [0.3, 0.4) is 0 Å². The van der Waals surface area contributed by atoms with Crippen molar-refractivity contribution >= 4 is 11.6 Å². The Morgan fingerprint density at radius 1 is 1.40 bits per heavy atom. The molecule has 1 aromatic carbocycles. The van der Waals surface area contributed by atoms with Gasteiger partial charge in [0.15, 0.2) is 0 Å². The standard InChI is InChI=1S/C16H22N2O2/c1-9(13-7-10-2-3-11(13)6-10)18-16(20)14-8-12(19)4-5-15(14)17/h4-5,8-11,13,19H,2-3,6-7,17H2,1H3,(H,18,20). The molecule has 3 rings (SSSR count). The SMILES string of the molecule is CC(NC(=O)c1cc(O)ccc1N)C1CC2CCC1C2. The number of phenols is 1. The normalized spacial score (nSPS) is 29.4. The average Bonchev–Trinajstić information content (AvgIpc) is 3.03. The van der Waals surface area contributed by atoms with Gasteiger partial charge in [0.2, 0.25) is 0 Å². The van der Waals surface area contributed by atoms with Crippen molar-refractivity contribution in [2.75, 3.05) is 5.73 Å². The topological polar surface area (TPSA) is 75.3 Å². The number of carbonyl (C=O) groups is 1. The maximum Gasteiger partial charge on any atom is 0.253 e. The molecular formula is C16H22N2O2. The van der Waals surface area contributed by atoms with Gasteiger partial charge in [-0.3, -0.25) is 4.79 Å². The number of amides is 1. The monoisotopic (exact) mass is 274 g/mol. The number of nitrogens with one attached hydrogen (secondary N) is 1. The van der Waals surface area contributed by atoms with Crippen molar-refractivity contribution in [3.63, 3.8) is 0 Å². The van der Waals surface area contributed by atoms with Crippen LogP contribution in [-0.4, -0.2) is 17.1 Å². The molecule has 108 valence electrons. The van der Waals surface area contributed by atoms with Crippen LogP contribution in [0.1, 0.15) is 43.0 Å². The lowest BCUT2D eigenvalue weighted by Crippen LogP contribution is -2.40. The molecule has 4 heteroatoms. The van der Waals surface area contributed by atoms with Gasteiger partial charge in [0, 0.05) is 11.7 Å². The van der Waals surface area contributed by atoms with Crippen LogP contribution >= 0.6 is 0 Å². The van der Waals surface area contributed by atoms with Gasteiger partial charge in [0.05, 0.1) is 5.56 Å². The Hall–Kier alpha value is -1.71. The minimum atomic E-state index is -0.186. The number of anilines is 1. The van der Waals surface area contributed by atoms with E-state index in [-0.39, 0.29) is 17.7 Å². The second kappa shape index (κ2) is 5.00. The Bertz CT molecular complexity index is 529. The third-order valence-electron chi connectivity index (χ3n) is 5.08. The molecule has 1 aromatic rings. The van der Waals surface area contributed by atoms with Gasteiger partial charge in [-0.2, -0.15) is 0 Å². The van der Waals surface area contributed by atoms with Crippen molar-refractivity contribution in [3.8, 4) is 5.75 Å². The number of nitrogen functional groups attached to an aromatic ring is 1. The number of aromatic hydroxyl groups is 1. The van der Waals surface area contributed by atoms with Crippen LogP contribution < -0.4 is 11.1 Å². The van der Waals surface area contributed by atoms with E-state index in [0.29, 0.717) is 17.2 Å². The third-order valence-corrected chi connectivity index (χ3v) is 5.08. The van der Waals surface area contributed by atoms with E-state index in [0.717, 1.165) is 11.8 Å². The first-order chi connectivity index (χ1) is 9.54. The number of phenolic OH excluding ortho intramolecular Hbond substituents is 1. The molecule has 0 radical (unpaired) electrons. The number of nitrogens with two attached hydrogens (primary N) is 1. The quantitative estimate of drug-likeness (QED) is 0.585. The smallest absolute Gasteiger partial charge is 0.253 e. The van der Waals surface area contributed by atoms with Crippen LogP contribution in [0.4, 0.5) is 5.69 Å². The molecule has 4 atom stereocenters. The van der Waals surface area contributed by atoms with Crippen molar-refractivity contribution in [1.29, 1.82) is 0 Å². The highest BCUT2D eigenvalue weighted by Gasteiger charge is 2.42. The maximum atomic E-state index is 12.3. The molecular weight excluding hydrogens is 252 g/mol. The first-order valence-electron chi connectivity index (χ1n) is 7.44. The van der Waals surface area contributed by atoms with Gasteiger partial charge < -0.3 is 16.2 Å². The fourth-order valence-electron chi connectivity index (χ4n) is 4.04. The zero-order valence-electron chi connectivity index (χ0n) is 11.8. The van der Waals surface area contributed by atoms with Crippen molar-refractivity contribution in [3.05, 3.63) is 23.8 Å². The number of fused-ring (bicyclic) bond motifs is 2. The highest BCUT2D eigenvalue weighted by molar-refractivity contribution is 5.99. The second-order valence-corrected chi connectivity index (χ2v) is 6.37. The second-order valence-electron chi connectivity index (χ2n) is 6.37. The fraction of sp³-hybridized carbons (Fsp3) is 0.562. The Labute approximate surface area is 119 Å². The van der Waals surface area contributed by atoms with Crippen LogP contribution in [0.15, 0.2) is 18.2 Å². The average molecular weight is 274 g/mol. The van der Waals surface area contributed by atoms with Gasteiger partial charge in [0.25, 0.3) is 5.91 Å². The minimum Gasteiger partial charge on any atom is -0.508 e. The lowest BCUT2D eigenvalue weighted by Gasteiger charge is -2.28. The zero-order chi connectivity index (χ0) is 14.3. The van der Waals surface area contributed by atoms with Crippen molar-refractivity contribution in [1.82, 2.24) is 5.32 Å². The lowest BCUT2D eigenvalue weighted by atomic mass is 9.84. The molecule has 2 fully saturated rings. The lowest BCUT2D eigenvalue weighted by molar-refractivity contribution is 0.0916. The van der Waals surface area contributed by atoms with E-state index in [4.69, 9.17) is 5.73 Å². The zero-order valence-corrected chi connectivity index (χ0v) is 11.8. The Kier molecular flexibility index (Phi) is 3.32. The highest BCUT2D eigenvalue weighted by Crippen LogP contribution is 2.49. The van der Waals surface area contributed by atoms with Crippen LogP contribution in [0, 0.1) is 17.8 Å². The predicted octanol–water partition coefficient (Wildman–Crippen LogP) is 2.53. The summed E-state index contributed by atoms with van der Waals surface area (Å²) in [5, 5.41) is 12.5. The largest absolute Gasteiger partial charge is 0.508 e. The summed E-state index contributed by atoms with van der Waals surface area (Å²) in [6.45, 7) is 2.09. The molecule has 2 aliphatic carbocycles. The molecule has 0 heterocycles. The van der Waals surface area contributed by atoms with E-state index in [1.165, 1.54) is 37.8 Å². The maximum absolute atomic E-state index is 12.3. The van der Waals surface area contributed by atoms with Gasteiger partial charge >= 0.3 is 0 Å². The number of carbonyl (C=O) groups excluding carboxylic acids is 1. The Morgan fingerprint density at radius 3 is 2.85 bits per heavy atom. The van der Waals surface area contributed by atoms with Crippen LogP contribution in [0.2, 0.25) is 0 Å². The molecule has 0 aromatic heterocycles. The van der Waals surface area contributed by atoms with Gasteiger partial charge in [-0.1, -0.05) is 6.42 Å². The summed E-state index contributed by atoms with van der Waals surface area (Å²) in [4.78, 5) is 12.3. The van der Waals surface area contributed by atoms with E-state index in [1.54, 1.807) is 6.07 Å². The highest BCUT2D eigenvalue weighted by atomic mass is 16.3. The molecule has 2 saturated carbocycles. The van der Waals surface area contributed by atoms with Gasteiger partial charge in [-0.25, -0.2) is 0 Å². The van der Waals surface area contributed by atoms with Crippen LogP contribution in [-0.2, 0) is 0 Å². The molecule has 20 heavy (non-hydrogen) atoms. The summed E-state index contributed by atoms with van der Waals surface area (Å²) in [5.41, 5.74) is 6.57. The molecule has 4 N–H and O–H groups in total. The summed E-state index contributed by atoms with van der Waals surface area (Å²) in [6.07, 6.45) is 5.24. The van der Waals surface area contributed by atoms with Crippen molar-refractivity contribution < 1.29 is 9.90 Å². The van der Waals surface area contributed by atoms with Crippen molar-refractivity contribution in [2.45, 2.75) is 38.6 Å². The number of hydrogen-bond acceptors (Lipinski definition) is 3. The summed E-state index contributed by atoms with van der Waals surface area (Å²) in [5.74, 6) is 2.12. The molecule has 0 aliphatic heterocycles. The Morgan fingerprint density at radius 2 is 2.20 bits per heavy atom. The minimum absolute atomic E-state index is 0.0666. The molecule has 4 unspecified atom stereocenters. The van der Waals surface area contributed by atoms with E-state index in [2.05, 4.69) is 12.2 Å². The van der Waals surface area contributed by atoms with Gasteiger partial charge in [0.1, 0.15) is 5.75 Å².